The van der Waals surface area contributed by atoms with Crippen molar-refractivity contribution in [2.45, 2.75) is 13.3 Å². The predicted octanol–water partition coefficient (Wildman–Crippen LogP) is 3.68. The van der Waals surface area contributed by atoms with Crippen molar-refractivity contribution in [3.05, 3.63) is 57.6 Å². The summed E-state index contributed by atoms with van der Waals surface area (Å²) in [4.78, 5) is 8.35. The molecule has 0 radical (unpaired) electrons. The molecule has 16 heavy (non-hydrogen) atoms. The van der Waals surface area contributed by atoms with Gasteiger partial charge in [0.05, 0.1) is 0 Å². The summed E-state index contributed by atoms with van der Waals surface area (Å²) in [7, 11) is 0. The molecule has 82 valence electrons. The highest BCUT2D eigenvalue weighted by Crippen LogP contribution is 2.14. The molecule has 1 aromatic carbocycles. The molecule has 0 unspecified atom stereocenters. The van der Waals surface area contributed by atoms with Crippen molar-refractivity contribution in [2.24, 2.45) is 0 Å². The average molecular weight is 253 g/mol. The maximum absolute atomic E-state index is 5.87. The van der Waals surface area contributed by atoms with E-state index >= 15 is 0 Å². The number of nitrogens with zero attached hydrogens (tertiary/aromatic N) is 2. The van der Waals surface area contributed by atoms with E-state index in [1.54, 1.807) is 6.07 Å². The standard InChI is InChI=1S/C12H10Cl2N2/c1-8-15-11(7-12(14)16-8)6-9-2-4-10(13)5-3-9/h2-5,7H,6H2,1H3. The van der Waals surface area contributed by atoms with Gasteiger partial charge in [0.1, 0.15) is 11.0 Å². The third-order valence-corrected chi connectivity index (χ3v) is 2.60. The zero-order valence-corrected chi connectivity index (χ0v) is 10.3. The fourth-order valence-electron chi connectivity index (χ4n) is 1.49. The number of aromatic nitrogens is 2. The second-order valence-electron chi connectivity index (χ2n) is 3.53. The lowest BCUT2D eigenvalue weighted by atomic mass is 10.1. The van der Waals surface area contributed by atoms with Gasteiger partial charge in [-0.1, -0.05) is 35.3 Å². The fraction of sp³-hybridized carbons (Fsp3) is 0.167. The van der Waals surface area contributed by atoms with Crippen molar-refractivity contribution in [3.63, 3.8) is 0 Å². The first-order valence-electron chi connectivity index (χ1n) is 4.88. The van der Waals surface area contributed by atoms with Crippen molar-refractivity contribution in [1.82, 2.24) is 9.97 Å². The lowest BCUT2D eigenvalue weighted by Gasteiger charge is -2.03. The molecule has 4 heteroatoms. The van der Waals surface area contributed by atoms with Gasteiger partial charge >= 0.3 is 0 Å². The summed E-state index contributed by atoms with van der Waals surface area (Å²) in [5.41, 5.74) is 2.07. The molecule has 0 saturated heterocycles. The zero-order valence-electron chi connectivity index (χ0n) is 8.74. The largest absolute Gasteiger partial charge is 0.238 e. The van der Waals surface area contributed by atoms with Gasteiger partial charge in [0.15, 0.2) is 0 Å². The van der Waals surface area contributed by atoms with Gasteiger partial charge in [0.2, 0.25) is 0 Å². The number of hydrogen-bond acceptors (Lipinski definition) is 2. The molecule has 0 atom stereocenters. The highest BCUT2D eigenvalue weighted by molar-refractivity contribution is 6.30. The first-order valence-corrected chi connectivity index (χ1v) is 5.63. The molecule has 0 fully saturated rings. The van der Waals surface area contributed by atoms with E-state index < -0.39 is 0 Å². The van der Waals surface area contributed by atoms with Gasteiger partial charge in [0, 0.05) is 17.1 Å². The summed E-state index contributed by atoms with van der Waals surface area (Å²) in [6.45, 7) is 1.83. The van der Waals surface area contributed by atoms with E-state index in [0.29, 0.717) is 11.0 Å². The second kappa shape index (κ2) is 4.81. The summed E-state index contributed by atoms with van der Waals surface area (Å²) in [6, 6.07) is 9.48. The molecule has 0 spiro atoms. The van der Waals surface area contributed by atoms with Crippen LogP contribution in [-0.2, 0) is 6.42 Å². The van der Waals surface area contributed by atoms with Gasteiger partial charge in [-0.25, -0.2) is 9.97 Å². The van der Waals surface area contributed by atoms with Crippen LogP contribution >= 0.6 is 23.2 Å². The van der Waals surface area contributed by atoms with Gasteiger partial charge in [-0.3, -0.25) is 0 Å². The number of halogens is 2. The minimum absolute atomic E-state index is 0.483. The Hall–Kier alpha value is -1.12. The van der Waals surface area contributed by atoms with Crippen LogP contribution in [0, 0.1) is 6.92 Å². The van der Waals surface area contributed by atoms with Crippen molar-refractivity contribution in [3.8, 4) is 0 Å². The molecule has 2 aromatic rings. The molecule has 1 heterocycles. The van der Waals surface area contributed by atoms with Crippen LogP contribution in [0.1, 0.15) is 17.1 Å². The Labute approximate surface area is 104 Å². The molecule has 0 aliphatic carbocycles. The van der Waals surface area contributed by atoms with Crippen molar-refractivity contribution < 1.29 is 0 Å². The quantitative estimate of drug-likeness (QED) is 0.763. The molecule has 0 bridgehead atoms. The molecule has 0 aliphatic heterocycles. The van der Waals surface area contributed by atoms with Crippen molar-refractivity contribution in [2.75, 3.05) is 0 Å². The fourth-order valence-corrected chi connectivity index (χ4v) is 1.87. The summed E-state index contributed by atoms with van der Waals surface area (Å²) in [6.07, 6.45) is 0.736. The molecule has 1 aromatic heterocycles. The normalized spacial score (nSPS) is 10.4. The van der Waals surface area contributed by atoms with Crippen LogP contribution in [0.25, 0.3) is 0 Å². The van der Waals surface area contributed by atoms with E-state index in [1.807, 2.05) is 31.2 Å². The molecular weight excluding hydrogens is 243 g/mol. The first-order chi connectivity index (χ1) is 7.63. The Morgan fingerprint density at radius 2 is 1.75 bits per heavy atom. The predicted molar refractivity (Wildman–Crippen MR) is 66.0 cm³/mol. The van der Waals surface area contributed by atoms with Crippen LogP contribution in [0.5, 0.6) is 0 Å². The molecule has 0 amide bonds. The monoisotopic (exact) mass is 252 g/mol. The zero-order chi connectivity index (χ0) is 11.5. The van der Waals surface area contributed by atoms with Crippen LogP contribution in [-0.4, -0.2) is 9.97 Å². The van der Waals surface area contributed by atoms with Gasteiger partial charge < -0.3 is 0 Å². The van der Waals surface area contributed by atoms with Gasteiger partial charge in [-0.15, -0.1) is 0 Å². The molecular formula is C12H10Cl2N2. The van der Waals surface area contributed by atoms with E-state index in [1.165, 1.54) is 0 Å². The van der Waals surface area contributed by atoms with Crippen LogP contribution < -0.4 is 0 Å². The number of hydrogen-bond donors (Lipinski definition) is 0. The van der Waals surface area contributed by atoms with E-state index in [9.17, 15) is 0 Å². The summed E-state index contributed by atoms with van der Waals surface area (Å²) >= 11 is 11.7. The molecule has 0 N–H and O–H groups in total. The van der Waals surface area contributed by atoms with E-state index in [2.05, 4.69) is 9.97 Å². The summed E-state index contributed by atoms with van der Waals surface area (Å²) < 4.78 is 0. The van der Waals surface area contributed by atoms with Crippen LogP contribution in [0.3, 0.4) is 0 Å². The Kier molecular flexibility index (Phi) is 3.42. The summed E-state index contributed by atoms with van der Waals surface area (Å²) in [5, 5.41) is 1.22. The Morgan fingerprint density at radius 1 is 1.06 bits per heavy atom. The highest BCUT2D eigenvalue weighted by Gasteiger charge is 2.01. The van der Waals surface area contributed by atoms with Crippen molar-refractivity contribution in [1.29, 1.82) is 0 Å². The lowest BCUT2D eigenvalue weighted by Crippen LogP contribution is -1.96. The van der Waals surface area contributed by atoms with Crippen LogP contribution in [0.2, 0.25) is 10.2 Å². The molecule has 0 aliphatic rings. The molecule has 0 saturated carbocycles. The second-order valence-corrected chi connectivity index (χ2v) is 4.36. The first kappa shape index (κ1) is 11.4. The van der Waals surface area contributed by atoms with E-state index in [-0.39, 0.29) is 0 Å². The van der Waals surface area contributed by atoms with Crippen LogP contribution in [0.4, 0.5) is 0 Å². The highest BCUT2D eigenvalue weighted by atomic mass is 35.5. The Bertz CT molecular complexity index is 475. The van der Waals surface area contributed by atoms with E-state index in [0.717, 1.165) is 22.7 Å². The third-order valence-electron chi connectivity index (χ3n) is 2.16. The van der Waals surface area contributed by atoms with Gasteiger partial charge in [-0.2, -0.15) is 0 Å². The van der Waals surface area contributed by atoms with E-state index in [4.69, 9.17) is 23.2 Å². The maximum atomic E-state index is 5.87. The Balaban J connectivity index is 2.23. The summed E-state index contributed by atoms with van der Waals surface area (Å²) in [5.74, 6) is 0.691. The topological polar surface area (TPSA) is 25.8 Å². The maximum Gasteiger partial charge on any atom is 0.133 e. The third kappa shape index (κ3) is 2.94. The minimum atomic E-state index is 0.483. The number of benzene rings is 1. The SMILES string of the molecule is Cc1nc(Cl)cc(Cc2ccc(Cl)cc2)n1. The lowest BCUT2D eigenvalue weighted by molar-refractivity contribution is 0.968. The van der Waals surface area contributed by atoms with Crippen molar-refractivity contribution >= 4 is 23.2 Å². The minimum Gasteiger partial charge on any atom is -0.238 e. The number of rotatable bonds is 2. The van der Waals surface area contributed by atoms with Gasteiger partial charge in [-0.05, 0) is 30.7 Å². The molecule has 2 nitrogen and oxygen atoms in total. The van der Waals surface area contributed by atoms with Crippen LogP contribution in [0.15, 0.2) is 30.3 Å². The average Bonchev–Trinajstić information content (AvgIpc) is 2.20. The molecule has 2 rings (SSSR count). The van der Waals surface area contributed by atoms with Gasteiger partial charge in [0.25, 0.3) is 0 Å². The smallest absolute Gasteiger partial charge is 0.133 e. The Morgan fingerprint density at radius 3 is 2.38 bits per heavy atom. The number of aryl methyl sites for hydroxylation is 1.